The van der Waals surface area contributed by atoms with Crippen LogP contribution in [0.25, 0.3) is 0 Å². The zero-order chi connectivity index (χ0) is 12.4. The monoisotopic (exact) mass is 249 g/mol. The van der Waals surface area contributed by atoms with Gasteiger partial charge in [0.1, 0.15) is 0 Å². The lowest BCUT2D eigenvalue weighted by atomic mass is 11.2. The van der Waals surface area contributed by atoms with Crippen LogP contribution in [-0.4, -0.2) is 61.6 Å². The van der Waals surface area contributed by atoms with E-state index in [0.29, 0.717) is 0 Å². The molecule has 0 fully saturated rings. The maximum Gasteiger partial charge on any atom is 0.535 e. The predicted octanol–water partition coefficient (Wildman–Crippen LogP) is 1.67. The molecule has 0 saturated carbocycles. The van der Waals surface area contributed by atoms with Crippen LogP contribution in [0.4, 0.5) is 13.2 Å². The van der Waals surface area contributed by atoms with Crippen molar-refractivity contribution in [2.45, 2.75) is 6.36 Å². The van der Waals surface area contributed by atoms with Crippen LogP contribution in [0.3, 0.4) is 0 Å². The van der Waals surface area contributed by atoms with Crippen LogP contribution in [-0.2, 0) is 4.18 Å². The highest BCUT2D eigenvalue weighted by atomic mass is 32.3. The minimum Gasteiger partial charge on any atom is -0.229 e. The summed E-state index contributed by atoms with van der Waals surface area (Å²) >= 11 is 0. The second kappa shape index (κ2) is 4.88. The maximum absolute atomic E-state index is 12.4. The Morgan fingerprint density at radius 1 is 0.800 bits per heavy atom. The first-order chi connectivity index (χ1) is 6.54. The number of nitrogens with zero attached hydrogens (tertiary/aromatic N) is 3. The molecule has 4 nitrogen and oxygen atoms in total. The molecule has 0 unspecified atom stereocenters. The van der Waals surface area contributed by atoms with Crippen molar-refractivity contribution < 1.29 is 17.4 Å². The van der Waals surface area contributed by atoms with Gasteiger partial charge in [0.2, 0.25) is 0 Å². The summed E-state index contributed by atoms with van der Waals surface area (Å²) in [7, 11) is 6.71. The summed E-state index contributed by atoms with van der Waals surface area (Å²) in [6.45, 7) is 0. The van der Waals surface area contributed by atoms with Gasteiger partial charge in [0.25, 0.3) is 0 Å². The lowest BCUT2D eigenvalue weighted by Gasteiger charge is -2.52. The summed E-state index contributed by atoms with van der Waals surface area (Å²) in [4.78, 5) is 0. The molecule has 0 aliphatic carbocycles. The van der Waals surface area contributed by atoms with Crippen molar-refractivity contribution in [1.82, 2.24) is 12.9 Å². The Labute approximate surface area is 90.5 Å². The standard InChI is InChI=1S/C7H18F3N3OS/c1-11(2)15(12(3)4,13(5)6)14-7(8,9)10/h1-6H3. The number of halogens is 3. The summed E-state index contributed by atoms with van der Waals surface area (Å²) in [5, 5.41) is 0. The first-order valence-electron chi connectivity index (χ1n) is 4.17. The van der Waals surface area contributed by atoms with E-state index in [-0.39, 0.29) is 0 Å². The second-order valence-electron chi connectivity index (χ2n) is 3.43. The van der Waals surface area contributed by atoms with Crippen LogP contribution in [0, 0.1) is 0 Å². The van der Waals surface area contributed by atoms with Gasteiger partial charge in [-0.2, -0.15) is 0 Å². The van der Waals surface area contributed by atoms with Crippen molar-refractivity contribution >= 4 is 10.9 Å². The van der Waals surface area contributed by atoms with Crippen LogP contribution >= 0.6 is 10.9 Å². The topological polar surface area (TPSA) is 19.0 Å². The minimum absolute atomic E-state index is 1.43. The molecule has 0 amide bonds. The van der Waals surface area contributed by atoms with Crippen molar-refractivity contribution in [1.29, 1.82) is 0 Å². The van der Waals surface area contributed by atoms with Gasteiger partial charge in [-0.1, -0.05) is 0 Å². The lowest BCUT2D eigenvalue weighted by Crippen LogP contribution is -2.44. The van der Waals surface area contributed by atoms with E-state index in [1.807, 2.05) is 0 Å². The molecular weight excluding hydrogens is 231 g/mol. The van der Waals surface area contributed by atoms with Gasteiger partial charge in [0.15, 0.2) is 0 Å². The molecule has 0 saturated heterocycles. The molecular formula is C7H18F3N3OS. The Balaban J connectivity index is 5.15. The minimum atomic E-state index is -4.66. The van der Waals surface area contributed by atoms with E-state index in [0.717, 1.165) is 0 Å². The molecule has 0 atom stereocenters. The van der Waals surface area contributed by atoms with Crippen LogP contribution in [0.1, 0.15) is 0 Å². The number of hydrogen-bond acceptors (Lipinski definition) is 4. The second-order valence-corrected chi connectivity index (χ2v) is 6.73. The normalized spacial score (nSPS) is 15.5. The average molecular weight is 249 g/mol. The molecule has 0 aromatic rings. The molecule has 0 heterocycles. The van der Waals surface area contributed by atoms with Gasteiger partial charge in [-0.15, -0.1) is 13.2 Å². The molecule has 0 aromatic heterocycles. The Morgan fingerprint density at radius 3 is 1.13 bits per heavy atom. The maximum atomic E-state index is 12.4. The Morgan fingerprint density at radius 2 is 1.07 bits per heavy atom. The van der Waals surface area contributed by atoms with Crippen LogP contribution in [0.15, 0.2) is 0 Å². The highest BCUT2D eigenvalue weighted by Crippen LogP contribution is 2.57. The molecule has 0 spiro atoms. The number of rotatable bonds is 4. The molecule has 0 rings (SSSR count). The Hall–Kier alpha value is -0.0200. The first-order valence-corrected chi connectivity index (χ1v) is 5.60. The third-order valence-electron chi connectivity index (χ3n) is 1.63. The van der Waals surface area contributed by atoms with Gasteiger partial charge in [0.05, 0.1) is 10.9 Å². The van der Waals surface area contributed by atoms with E-state index in [2.05, 4.69) is 4.18 Å². The number of hydrogen-bond donors (Lipinski definition) is 0. The molecule has 94 valence electrons. The summed E-state index contributed by atoms with van der Waals surface area (Å²) in [5.41, 5.74) is 0. The quantitative estimate of drug-likeness (QED) is 0.754. The van der Waals surface area contributed by atoms with Crippen molar-refractivity contribution in [3.63, 3.8) is 0 Å². The van der Waals surface area contributed by atoms with Crippen molar-refractivity contribution in [3.8, 4) is 0 Å². The number of alkyl halides is 3. The zero-order valence-electron chi connectivity index (χ0n) is 9.79. The first kappa shape index (κ1) is 15.0. The summed E-state index contributed by atoms with van der Waals surface area (Å²) in [6, 6.07) is 0. The van der Waals surface area contributed by atoms with Gasteiger partial charge in [-0.3, -0.25) is 0 Å². The summed E-state index contributed by atoms with van der Waals surface area (Å²) in [6.07, 6.45) is -4.66. The average Bonchev–Trinajstić information content (AvgIpc) is 1.96. The fourth-order valence-electron chi connectivity index (χ4n) is 1.33. The lowest BCUT2D eigenvalue weighted by molar-refractivity contribution is -0.274. The van der Waals surface area contributed by atoms with Gasteiger partial charge in [-0.25, -0.2) is 17.1 Å². The van der Waals surface area contributed by atoms with Gasteiger partial charge in [0, 0.05) is 0 Å². The summed E-state index contributed by atoms with van der Waals surface area (Å²) < 4.78 is 45.6. The van der Waals surface area contributed by atoms with E-state index < -0.39 is 17.2 Å². The molecule has 0 radical (unpaired) electrons. The van der Waals surface area contributed by atoms with Crippen molar-refractivity contribution in [2.75, 3.05) is 42.3 Å². The Bertz CT molecular complexity index is 186. The highest BCUT2D eigenvalue weighted by Gasteiger charge is 2.45. The molecule has 0 aliphatic rings. The molecule has 0 aromatic carbocycles. The molecule has 0 bridgehead atoms. The molecule has 15 heavy (non-hydrogen) atoms. The van der Waals surface area contributed by atoms with Gasteiger partial charge < -0.3 is 0 Å². The summed E-state index contributed by atoms with van der Waals surface area (Å²) in [5.74, 6) is 0. The van der Waals surface area contributed by atoms with E-state index in [1.54, 1.807) is 42.3 Å². The third kappa shape index (κ3) is 3.49. The van der Waals surface area contributed by atoms with Crippen molar-refractivity contribution in [2.24, 2.45) is 0 Å². The fraction of sp³-hybridized carbons (Fsp3) is 1.00. The molecule has 8 heteroatoms. The SMILES string of the molecule is CN(C)S(OC(F)(F)F)(N(C)C)N(C)C. The van der Waals surface area contributed by atoms with Gasteiger partial charge in [-0.05, 0) is 42.3 Å². The van der Waals surface area contributed by atoms with E-state index in [4.69, 9.17) is 0 Å². The van der Waals surface area contributed by atoms with E-state index in [1.165, 1.54) is 12.9 Å². The van der Waals surface area contributed by atoms with Crippen LogP contribution in [0.5, 0.6) is 0 Å². The molecule has 0 aliphatic heterocycles. The largest absolute Gasteiger partial charge is 0.535 e. The van der Waals surface area contributed by atoms with E-state index >= 15 is 0 Å². The third-order valence-corrected chi connectivity index (χ3v) is 4.90. The molecule has 0 N–H and O–H groups in total. The predicted molar refractivity (Wildman–Crippen MR) is 55.8 cm³/mol. The fourth-order valence-corrected chi connectivity index (χ4v) is 3.99. The van der Waals surface area contributed by atoms with Crippen LogP contribution < -0.4 is 0 Å². The highest BCUT2D eigenvalue weighted by molar-refractivity contribution is 8.23. The smallest absolute Gasteiger partial charge is 0.229 e. The Kier molecular flexibility index (Phi) is 4.87. The van der Waals surface area contributed by atoms with Crippen LogP contribution in [0.2, 0.25) is 0 Å². The van der Waals surface area contributed by atoms with E-state index in [9.17, 15) is 13.2 Å². The van der Waals surface area contributed by atoms with Crippen molar-refractivity contribution in [3.05, 3.63) is 0 Å². The van der Waals surface area contributed by atoms with Gasteiger partial charge >= 0.3 is 6.36 Å². The zero-order valence-corrected chi connectivity index (χ0v) is 10.6.